The van der Waals surface area contributed by atoms with Gasteiger partial charge in [0, 0.05) is 0 Å². The van der Waals surface area contributed by atoms with Crippen LogP contribution in [0.1, 0.15) is 0 Å². The summed E-state index contributed by atoms with van der Waals surface area (Å²) in [4.78, 5) is 0. The second-order valence-corrected chi connectivity index (χ2v) is 15.3. The lowest BCUT2D eigenvalue weighted by atomic mass is 9.82. The van der Waals surface area contributed by atoms with E-state index in [1.165, 1.54) is 110 Å². The summed E-state index contributed by atoms with van der Waals surface area (Å²) in [7, 11) is 0. The predicted octanol–water partition coefficient (Wildman–Crippen LogP) is 16.3. The molecule has 0 aliphatic rings. The Morgan fingerprint density at radius 1 is 0.172 bits per heavy atom. The highest BCUT2D eigenvalue weighted by atomic mass is 14.2. The van der Waals surface area contributed by atoms with Crippen LogP contribution in [0.4, 0.5) is 0 Å². The molecule has 0 aliphatic heterocycles. The summed E-state index contributed by atoms with van der Waals surface area (Å²) in [5.41, 5.74) is 14.6. The van der Waals surface area contributed by atoms with Crippen molar-refractivity contribution in [2.45, 2.75) is 0 Å². The molecule has 11 aromatic carbocycles. The van der Waals surface area contributed by atoms with E-state index in [4.69, 9.17) is 0 Å². The highest BCUT2D eigenvalue weighted by Crippen LogP contribution is 2.47. The summed E-state index contributed by atoms with van der Waals surface area (Å²) in [6, 6.07) is 84.7. The number of hydrogen-bond acceptors (Lipinski definition) is 0. The maximum Gasteiger partial charge on any atom is -0.00199 e. The van der Waals surface area contributed by atoms with Crippen LogP contribution in [-0.4, -0.2) is 0 Å². The molecule has 58 heavy (non-hydrogen) atoms. The molecule has 0 fully saturated rings. The third-order valence-electron chi connectivity index (χ3n) is 11.8. The summed E-state index contributed by atoms with van der Waals surface area (Å²) >= 11 is 0. The lowest BCUT2D eigenvalue weighted by Crippen LogP contribution is -1.94. The quantitative estimate of drug-likeness (QED) is 0.149. The number of hydrogen-bond donors (Lipinski definition) is 0. The summed E-state index contributed by atoms with van der Waals surface area (Å²) in [5, 5.41) is 10.0. The maximum absolute atomic E-state index is 2.44. The van der Waals surface area contributed by atoms with Crippen molar-refractivity contribution in [2.24, 2.45) is 0 Å². The van der Waals surface area contributed by atoms with Crippen LogP contribution in [0.5, 0.6) is 0 Å². The third kappa shape index (κ3) is 5.95. The SMILES string of the molecule is c1ccc(-c2c3ccccc3c(-c3cc(-c4cccc(-c5cccc(-c6ccc7ccccc7c6)c5)c4)ccc3-c3ccc4ccccc4c3)c3ccccc23)cc1. The number of fused-ring (bicyclic) bond motifs is 4. The van der Waals surface area contributed by atoms with Gasteiger partial charge in [0.25, 0.3) is 0 Å². The smallest absolute Gasteiger partial charge is 0.00199 e. The van der Waals surface area contributed by atoms with Crippen LogP contribution in [0.15, 0.2) is 231 Å². The van der Waals surface area contributed by atoms with Gasteiger partial charge in [-0.15, -0.1) is 0 Å². The van der Waals surface area contributed by atoms with Crippen LogP contribution in [0, 0.1) is 0 Å². The van der Waals surface area contributed by atoms with Crippen LogP contribution in [-0.2, 0) is 0 Å². The minimum absolute atomic E-state index is 1.19. The van der Waals surface area contributed by atoms with Gasteiger partial charge in [-0.1, -0.05) is 200 Å². The van der Waals surface area contributed by atoms with Crippen LogP contribution in [0.3, 0.4) is 0 Å². The van der Waals surface area contributed by atoms with E-state index >= 15 is 0 Å². The van der Waals surface area contributed by atoms with Gasteiger partial charge in [-0.3, -0.25) is 0 Å². The Bertz CT molecular complexity index is 3280. The molecule has 270 valence electrons. The Morgan fingerprint density at radius 2 is 0.552 bits per heavy atom. The highest BCUT2D eigenvalue weighted by molar-refractivity contribution is 6.22. The Morgan fingerprint density at radius 3 is 1.10 bits per heavy atom. The topological polar surface area (TPSA) is 0 Å². The molecule has 0 N–H and O–H groups in total. The van der Waals surface area contributed by atoms with Gasteiger partial charge in [-0.05, 0) is 140 Å². The van der Waals surface area contributed by atoms with Gasteiger partial charge in [-0.25, -0.2) is 0 Å². The van der Waals surface area contributed by atoms with E-state index in [0.717, 1.165) is 0 Å². The molecule has 0 radical (unpaired) electrons. The van der Waals surface area contributed by atoms with Crippen molar-refractivity contribution in [2.75, 3.05) is 0 Å². The second-order valence-electron chi connectivity index (χ2n) is 15.3. The molecule has 0 unspecified atom stereocenters. The minimum atomic E-state index is 1.19. The van der Waals surface area contributed by atoms with Crippen molar-refractivity contribution in [3.63, 3.8) is 0 Å². The molecular weight excluding hydrogens is 697 g/mol. The van der Waals surface area contributed by atoms with Gasteiger partial charge in [0.1, 0.15) is 0 Å². The maximum atomic E-state index is 2.44. The second kappa shape index (κ2) is 14.2. The Kier molecular flexibility index (Phi) is 8.26. The third-order valence-corrected chi connectivity index (χ3v) is 11.8. The fourth-order valence-corrected chi connectivity index (χ4v) is 9.00. The van der Waals surface area contributed by atoms with Crippen molar-refractivity contribution in [1.29, 1.82) is 0 Å². The first kappa shape index (κ1) is 33.8. The van der Waals surface area contributed by atoms with E-state index in [9.17, 15) is 0 Å². The van der Waals surface area contributed by atoms with Crippen molar-refractivity contribution >= 4 is 43.1 Å². The van der Waals surface area contributed by atoms with E-state index in [-0.39, 0.29) is 0 Å². The molecular formula is C58H38. The first-order chi connectivity index (χ1) is 28.7. The van der Waals surface area contributed by atoms with Gasteiger partial charge in [0.15, 0.2) is 0 Å². The molecule has 0 spiro atoms. The van der Waals surface area contributed by atoms with Crippen LogP contribution >= 0.6 is 0 Å². The molecule has 0 nitrogen and oxygen atoms in total. The fourth-order valence-electron chi connectivity index (χ4n) is 9.00. The van der Waals surface area contributed by atoms with Crippen molar-refractivity contribution in [3.05, 3.63) is 231 Å². The van der Waals surface area contributed by atoms with Crippen molar-refractivity contribution in [1.82, 2.24) is 0 Å². The molecule has 0 heterocycles. The van der Waals surface area contributed by atoms with Gasteiger partial charge < -0.3 is 0 Å². The molecule has 11 rings (SSSR count). The lowest BCUT2D eigenvalue weighted by molar-refractivity contribution is 1.57. The summed E-state index contributed by atoms with van der Waals surface area (Å²) in [6.07, 6.45) is 0. The Hall–Kier alpha value is -7.54. The van der Waals surface area contributed by atoms with Crippen LogP contribution < -0.4 is 0 Å². The molecule has 0 heteroatoms. The van der Waals surface area contributed by atoms with E-state index in [1.54, 1.807) is 0 Å². The summed E-state index contributed by atoms with van der Waals surface area (Å²) in [5.74, 6) is 0. The van der Waals surface area contributed by atoms with Gasteiger partial charge in [0.05, 0.1) is 0 Å². The Balaban J connectivity index is 1.11. The van der Waals surface area contributed by atoms with E-state index in [2.05, 4.69) is 231 Å². The Labute approximate surface area is 339 Å². The van der Waals surface area contributed by atoms with Crippen molar-refractivity contribution in [3.8, 4) is 66.8 Å². The fraction of sp³-hybridized carbons (Fsp3) is 0. The molecule has 0 amide bonds. The first-order valence-electron chi connectivity index (χ1n) is 20.1. The molecule has 0 atom stereocenters. The first-order valence-corrected chi connectivity index (χ1v) is 20.1. The zero-order chi connectivity index (χ0) is 38.4. The van der Waals surface area contributed by atoms with Crippen molar-refractivity contribution < 1.29 is 0 Å². The summed E-state index contributed by atoms with van der Waals surface area (Å²) < 4.78 is 0. The lowest BCUT2D eigenvalue weighted by Gasteiger charge is -2.21. The number of benzene rings is 11. The molecule has 0 aliphatic carbocycles. The van der Waals surface area contributed by atoms with Gasteiger partial charge in [-0.2, -0.15) is 0 Å². The molecule has 0 bridgehead atoms. The average molecular weight is 735 g/mol. The van der Waals surface area contributed by atoms with E-state index < -0.39 is 0 Å². The zero-order valence-corrected chi connectivity index (χ0v) is 31.9. The predicted molar refractivity (Wildman–Crippen MR) is 249 cm³/mol. The van der Waals surface area contributed by atoms with Crippen LogP contribution in [0.2, 0.25) is 0 Å². The van der Waals surface area contributed by atoms with Gasteiger partial charge in [0.2, 0.25) is 0 Å². The van der Waals surface area contributed by atoms with Gasteiger partial charge >= 0.3 is 0 Å². The molecule has 11 aromatic rings. The van der Waals surface area contributed by atoms with Crippen LogP contribution in [0.25, 0.3) is 110 Å². The largest absolute Gasteiger partial charge is 0.0622 e. The monoisotopic (exact) mass is 734 g/mol. The van der Waals surface area contributed by atoms with E-state index in [0.29, 0.717) is 0 Å². The zero-order valence-electron chi connectivity index (χ0n) is 31.9. The summed E-state index contributed by atoms with van der Waals surface area (Å²) in [6.45, 7) is 0. The molecule has 0 aromatic heterocycles. The normalized spacial score (nSPS) is 11.4. The number of rotatable bonds is 6. The standard InChI is InChI=1S/C58H38/c1-2-16-41(17-3-1)57-52-24-8-10-26-54(52)58(55-27-11-9-25-53(55)57)56-38-49(32-33-51(56)50-31-29-40-15-5-7-19-43(40)37-50)47-23-13-21-45(36-47)44-20-12-22-46(35-44)48-30-28-39-14-4-6-18-42(39)34-48/h1-38H. The average Bonchev–Trinajstić information content (AvgIpc) is 3.30. The highest BCUT2D eigenvalue weighted by Gasteiger charge is 2.20. The molecule has 0 saturated heterocycles. The van der Waals surface area contributed by atoms with E-state index in [1.807, 2.05) is 0 Å². The molecule has 0 saturated carbocycles. The minimum Gasteiger partial charge on any atom is -0.0622 e.